The molecular formula is C14H29N3O. The summed E-state index contributed by atoms with van der Waals surface area (Å²) < 4.78 is 5.36. The van der Waals surface area contributed by atoms with E-state index in [0.717, 1.165) is 39.4 Å². The van der Waals surface area contributed by atoms with Gasteiger partial charge in [0.1, 0.15) is 0 Å². The van der Waals surface area contributed by atoms with Crippen molar-refractivity contribution in [3.05, 3.63) is 0 Å². The van der Waals surface area contributed by atoms with E-state index in [4.69, 9.17) is 10.5 Å². The SMILES string of the molecule is NCC1CCCCC1NCCCN1CCOCC1. The van der Waals surface area contributed by atoms with Crippen LogP contribution in [0.5, 0.6) is 0 Å². The summed E-state index contributed by atoms with van der Waals surface area (Å²) >= 11 is 0. The first-order valence-electron chi connectivity index (χ1n) is 7.63. The molecule has 18 heavy (non-hydrogen) atoms. The number of nitrogens with two attached hydrogens (primary N) is 1. The molecule has 0 radical (unpaired) electrons. The van der Waals surface area contributed by atoms with E-state index in [9.17, 15) is 0 Å². The number of hydrogen-bond donors (Lipinski definition) is 2. The molecule has 0 spiro atoms. The lowest BCUT2D eigenvalue weighted by Gasteiger charge is -2.32. The van der Waals surface area contributed by atoms with Crippen LogP contribution >= 0.6 is 0 Å². The molecule has 1 aliphatic heterocycles. The standard InChI is InChI=1S/C14H29N3O/c15-12-13-4-1-2-5-14(13)16-6-3-7-17-8-10-18-11-9-17/h13-14,16H,1-12,15H2. The maximum Gasteiger partial charge on any atom is 0.0594 e. The average Bonchev–Trinajstić information content (AvgIpc) is 2.45. The van der Waals surface area contributed by atoms with Crippen LogP contribution in [0.1, 0.15) is 32.1 Å². The van der Waals surface area contributed by atoms with Crippen LogP contribution in [-0.2, 0) is 4.74 Å². The first kappa shape index (κ1) is 14.3. The van der Waals surface area contributed by atoms with Crippen molar-refractivity contribution < 1.29 is 4.74 Å². The summed E-state index contributed by atoms with van der Waals surface area (Å²) in [5.41, 5.74) is 5.85. The van der Waals surface area contributed by atoms with Gasteiger partial charge in [-0.1, -0.05) is 12.8 Å². The van der Waals surface area contributed by atoms with Crippen molar-refractivity contribution in [2.45, 2.75) is 38.1 Å². The summed E-state index contributed by atoms with van der Waals surface area (Å²) in [6, 6.07) is 0.674. The smallest absolute Gasteiger partial charge is 0.0594 e. The molecule has 0 aromatic rings. The molecule has 0 aromatic carbocycles. The van der Waals surface area contributed by atoms with E-state index in [2.05, 4.69) is 10.2 Å². The second-order valence-corrected chi connectivity index (χ2v) is 5.65. The largest absolute Gasteiger partial charge is 0.379 e. The molecule has 0 bridgehead atoms. The normalized spacial score (nSPS) is 30.5. The highest BCUT2D eigenvalue weighted by atomic mass is 16.5. The zero-order chi connectivity index (χ0) is 12.6. The number of rotatable bonds is 6. The Morgan fingerprint density at radius 3 is 2.72 bits per heavy atom. The van der Waals surface area contributed by atoms with Gasteiger partial charge in [0.2, 0.25) is 0 Å². The van der Waals surface area contributed by atoms with Gasteiger partial charge in [0.05, 0.1) is 13.2 Å². The van der Waals surface area contributed by atoms with Gasteiger partial charge in [-0.15, -0.1) is 0 Å². The molecule has 3 N–H and O–H groups in total. The molecule has 2 fully saturated rings. The van der Waals surface area contributed by atoms with Gasteiger partial charge in [0.15, 0.2) is 0 Å². The number of ether oxygens (including phenoxy) is 1. The quantitative estimate of drug-likeness (QED) is 0.690. The Bertz CT molecular complexity index is 219. The summed E-state index contributed by atoms with van der Waals surface area (Å²) in [7, 11) is 0. The zero-order valence-electron chi connectivity index (χ0n) is 11.6. The predicted molar refractivity (Wildman–Crippen MR) is 74.7 cm³/mol. The van der Waals surface area contributed by atoms with E-state index >= 15 is 0 Å². The lowest BCUT2D eigenvalue weighted by Crippen LogP contribution is -2.43. The van der Waals surface area contributed by atoms with Gasteiger partial charge in [-0.05, 0) is 44.8 Å². The molecular weight excluding hydrogens is 226 g/mol. The number of hydrogen-bond acceptors (Lipinski definition) is 4. The summed E-state index contributed by atoms with van der Waals surface area (Å²) in [6.07, 6.45) is 6.62. The maximum atomic E-state index is 5.85. The Balaban J connectivity index is 1.56. The second-order valence-electron chi connectivity index (χ2n) is 5.65. The van der Waals surface area contributed by atoms with Crippen molar-refractivity contribution in [2.75, 3.05) is 45.9 Å². The molecule has 2 unspecified atom stereocenters. The third-order valence-electron chi connectivity index (χ3n) is 4.37. The van der Waals surface area contributed by atoms with E-state index in [0.29, 0.717) is 12.0 Å². The van der Waals surface area contributed by atoms with Gasteiger partial charge in [-0.3, -0.25) is 4.90 Å². The summed E-state index contributed by atoms with van der Waals surface area (Å²) in [5, 5.41) is 3.72. The van der Waals surface area contributed by atoms with E-state index < -0.39 is 0 Å². The fourth-order valence-electron chi connectivity index (χ4n) is 3.17. The Morgan fingerprint density at radius 1 is 1.17 bits per heavy atom. The number of nitrogens with one attached hydrogen (secondary N) is 1. The highest BCUT2D eigenvalue weighted by molar-refractivity contribution is 4.81. The molecule has 2 rings (SSSR count). The molecule has 4 heteroatoms. The van der Waals surface area contributed by atoms with Gasteiger partial charge >= 0.3 is 0 Å². The average molecular weight is 255 g/mol. The van der Waals surface area contributed by atoms with Crippen LogP contribution in [0.2, 0.25) is 0 Å². The molecule has 1 saturated heterocycles. The van der Waals surface area contributed by atoms with Crippen molar-refractivity contribution in [3.63, 3.8) is 0 Å². The molecule has 0 amide bonds. The minimum atomic E-state index is 0.674. The third-order valence-corrected chi connectivity index (χ3v) is 4.37. The van der Waals surface area contributed by atoms with Crippen molar-refractivity contribution in [2.24, 2.45) is 11.7 Å². The Morgan fingerprint density at radius 2 is 1.94 bits per heavy atom. The van der Waals surface area contributed by atoms with Crippen molar-refractivity contribution in [1.82, 2.24) is 10.2 Å². The minimum absolute atomic E-state index is 0.674. The predicted octanol–water partition coefficient (Wildman–Crippen LogP) is 0.816. The summed E-state index contributed by atoms with van der Waals surface area (Å²) in [5.74, 6) is 0.710. The molecule has 0 aromatic heterocycles. The molecule has 4 nitrogen and oxygen atoms in total. The topological polar surface area (TPSA) is 50.5 Å². The van der Waals surface area contributed by atoms with Gasteiger partial charge < -0.3 is 15.8 Å². The van der Waals surface area contributed by atoms with Crippen molar-refractivity contribution in [1.29, 1.82) is 0 Å². The maximum absolute atomic E-state index is 5.85. The van der Waals surface area contributed by atoms with E-state index in [1.54, 1.807) is 0 Å². The lowest BCUT2D eigenvalue weighted by atomic mass is 9.84. The van der Waals surface area contributed by atoms with Crippen LogP contribution in [0, 0.1) is 5.92 Å². The Labute approximate surface area is 111 Å². The van der Waals surface area contributed by atoms with E-state index in [1.165, 1.54) is 38.6 Å². The third kappa shape index (κ3) is 4.50. The molecule has 2 atom stereocenters. The second kappa shape index (κ2) is 8.10. The molecule has 106 valence electrons. The van der Waals surface area contributed by atoms with Crippen molar-refractivity contribution in [3.8, 4) is 0 Å². The highest BCUT2D eigenvalue weighted by Gasteiger charge is 2.23. The summed E-state index contributed by atoms with van der Waals surface area (Å²) in [6.45, 7) is 7.22. The molecule has 1 aliphatic carbocycles. The van der Waals surface area contributed by atoms with E-state index in [1.807, 2.05) is 0 Å². The number of nitrogens with zero attached hydrogens (tertiary/aromatic N) is 1. The first-order chi connectivity index (χ1) is 8.90. The monoisotopic (exact) mass is 255 g/mol. The van der Waals surface area contributed by atoms with Gasteiger partial charge in [-0.25, -0.2) is 0 Å². The van der Waals surface area contributed by atoms with E-state index in [-0.39, 0.29) is 0 Å². The number of morpholine rings is 1. The lowest BCUT2D eigenvalue weighted by molar-refractivity contribution is 0.0372. The molecule has 2 aliphatic rings. The zero-order valence-corrected chi connectivity index (χ0v) is 11.6. The fraction of sp³-hybridized carbons (Fsp3) is 1.00. The van der Waals surface area contributed by atoms with Crippen LogP contribution in [0.3, 0.4) is 0 Å². The Hall–Kier alpha value is -0.160. The van der Waals surface area contributed by atoms with Crippen LogP contribution in [0.4, 0.5) is 0 Å². The Kier molecular flexibility index (Phi) is 6.41. The van der Waals surface area contributed by atoms with Crippen LogP contribution in [0.25, 0.3) is 0 Å². The molecule has 1 saturated carbocycles. The van der Waals surface area contributed by atoms with Crippen LogP contribution in [-0.4, -0.2) is 56.9 Å². The van der Waals surface area contributed by atoms with Gasteiger partial charge in [-0.2, -0.15) is 0 Å². The van der Waals surface area contributed by atoms with Gasteiger partial charge in [0, 0.05) is 19.1 Å². The minimum Gasteiger partial charge on any atom is -0.379 e. The fourth-order valence-corrected chi connectivity index (χ4v) is 3.17. The summed E-state index contributed by atoms with van der Waals surface area (Å²) in [4.78, 5) is 2.51. The van der Waals surface area contributed by atoms with Crippen LogP contribution in [0.15, 0.2) is 0 Å². The van der Waals surface area contributed by atoms with Crippen molar-refractivity contribution >= 4 is 0 Å². The van der Waals surface area contributed by atoms with Gasteiger partial charge in [0.25, 0.3) is 0 Å². The molecule has 1 heterocycles. The first-order valence-corrected chi connectivity index (χ1v) is 7.63. The van der Waals surface area contributed by atoms with Crippen LogP contribution < -0.4 is 11.1 Å². The highest BCUT2D eigenvalue weighted by Crippen LogP contribution is 2.23.